The fourth-order valence-corrected chi connectivity index (χ4v) is 1.91. The van der Waals surface area contributed by atoms with E-state index in [1.807, 2.05) is 25.5 Å². The van der Waals surface area contributed by atoms with Crippen molar-refractivity contribution in [3.05, 3.63) is 16.4 Å². The van der Waals surface area contributed by atoms with Crippen molar-refractivity contribution in [1.29, 1.82) is 0 Å². The van der Waals surface area contributed by atoms with Crippen molar-refractivity contribution in [3.63, 3.8) is 0 Å². The molecule has 0 saturated heterocycles. The predicted molar refractivity (Wildman–Crippen MR) is 70.8 cm³/mol. The van der Waals surface area contributed by atoms with Gasteiger partial charge in [-0.15, -0.1) is 0 Å². The number of hydrogen-bond donors (Lipinski definition) is 1. The van der Waals surface area contributed by atoms with Gasteiger partial charge in [-0.25, -0.2) is 0 Å². The van der Waals surface area contributed by atoms with Crippen LogP contribution in [-0.4, -0.2) is 35.4 Å². The van der Waals surface area contributed by atoms with Gasteiger partial charge >= 0.3 is 5.97 Å². The summed E-state index contributed by atoms with van der Waals surface area (Å²) in [6, 6.07) is 0. The van der Waals surface area contributed by atoms with Crippen molar-refractivity contribution in [1.82, 2.24) is 15.1 Å². The van der Waals surface area contributed by atoms with Crippen LogP contribution in [0.4, 0.5) is 0 Å². The molecule has 1 rings (SSSR count). The molecule has 0 aliphatic rings. The molecule has 0 aliphatic carbocycles. The number of nitrogens with one attached hydrogen (secondary N) is 1. The largest absolute Gasteiger partial charge is 0.468 e. The van der Waals surface area contributed by atoms with Gasteiger partial charge in [0.15, 0.2) is 0 Å². The molecule has 18 heavy (non-hydrogen) atoms. The van der Waals surface area contributed by atoms with Gasteiger partial charge in [0.2, 0.25) is 0 Å². The minimum absolute atomic E-state index is 0.280. The van der Waals surface area contributed by atoms with Crippen molar-refractivity contribution < 1.29 is 9.53 Å². The molecule has 102 valence electrons. The molecule has 0 amide bonds. The minimum Gasteiger partial charge on any atom is -0.468 e. The van der Waals surface area contributed by atoms with E-state index in [1.165, 1.54) is 7.11 Å². The molecule has 1 heterocycles. The number of ether oxygens (including phenoxy) is 1. The van der Waals surface area contributed by atoms with Crippen molar-refractivity contribution in [3.8, 4) is 0 Å². The quantitative estimate of drug-likeness (QED) is 0.830. The number of likely N-dealkylation sites (N-methyl/N-ethyl adjacent to an activating group) is 1. The maximum atomic E-state index is 11.7. The second kappa shape index (κ2) is 5.71. The molecule has 0 radical (unpaired) electrons. The second-order valence-electron chi connectivity index (χ2n) is 4.53. The van der Waals surface area contributed by atoms with Gasteiger partial charge < -0.3 is 10.1 Å². The summed E-state index contributed by atoms with van der Waals surface area (Å²) in [6.45, 7) is 6.19. The number of esters is 1. The van der Waals surface area contributed by atoms with Crippen molar-refractivity contribution in [2.45, 2.75) is 39.3 Å². The Bertz CT molecular complexity index is 445. The molecule has 0 fully saturated rings. The first kappa shape index (κ1) is 15.0. The third-order valence-electron chi connectivity index (χ3n) is 3.30. The summed E-state index contributed by atoms with van der Waals surface area (Å²) in [6.07, 6.45) is 0.578. The van der Waals surface area contributed by atoms with Gasteiger partial charge in [0.1, 0.15) is 5.54 Å². The van der Waals surface area contributed by atoms with Gasteiger partial charge in [-0.05, 0) is 34.2 Å². The highest BCUT2D eigenvalue weighted by atomic mass is 35.5. The number of nitrogens with zero attached hydrogens (tertiary/aromatic N) is 2. The summed E-state index contributed by atoms with van der Waals surface area (Å²) in [5.74, 6) is -0.280. The molecule has 0 aliphatic heterocycles. The van der Waals surface area contributed by atoms with E-state index >= 15 is 0 Å². The molecule has 5 nitrogen and oxygen atoms in total. The molecule has 1 N–H and O–H groups in total. The number of halogens is 1. The molecule has 1 unspecified atom stereocenters. The van der Waals surface area contributed by atoms with E-state index < -0.39 is 5.54 Å². The Balaban J connectivity index is 2.80. The third-order valence-corrected chi connectivity index (χ3v) is 3.85. The van der Waals surface area contributed by atoms with E-state index in [1.54, 1.807) is 7.05 Å². The lowest BCUT2D eigenvalue weighted by Gasteiger charge is -2.26. The number of methoxy groups -OCH3 is 1. The van der Waals surface area contributed by atoms with Crippen LogP contribution >= 0.6 is 11.6 Å². The fraction of sp³-hybridized carbons (Fsp3) is 0.667. The zero-order chi connectivity index (χ0) is 13.9. The Morgan fingerprint density at radius 2 is 2.17 bits per heavy atom. The zero-order valence-electron chi connectivity index (χ0n) is 11.5. The number of carbonyl (C=O) groups excluding carboxylic acids is 1. The lowest BCUT2D eigenvalue weighted by molar-refractivity contribution is -0.148. The van der Waals surface area contributed by atoms with Crippen LogP contribution < -0.4 is 5.32 Å². The summed E-state index contributed by atoms with van der Waals surface area (Å²) in [7, 11) is 3.13. The fourth-order valence-electron chi connectivity index (χ4n) is 1.78. The second-order valence-corrected chi connectivity index (χ2v) is 4.91. The molecular formula is C12H20ClN3O2. The predicted octanol–water partition coefficient (Wildman–Crippen LogP) is 1.69. The first-order valence-corrected chi connectivity index (χ1v) is 6.20. The molecule has 0 bridgehead atoms. The molecule has 0 saturated carbocycles. The van der Waals surface area contributed by atoms with Crippen LogP contribution in [0.15, 0.2) is 0 Å². The molecule has 1 atom stereocenters. The van der Waals surface area contributed by atoms with Crippen LogP contribution in [0.1, 0.15) is 24.7 Å². The van der Waals surface area contributed by atoms with Crippen LogP contribution in [0.3, 0.4) is 0 Å². The van der Waals surface area contributed by atoms with Crippen LogP contribution in [0.5, 0.6) is 0 Å². The number of rotatable bonds is 5. The van der Waals surface area contributed by atoms with E-state index in [0.717, 1.165) is 11.4 Å². The average molecular weight is 274 g/mol. The molecule has 0 spiro atoms. The maximum Gasteiger partial charge on any atom is 0.325 e. The maximum absolute atomic E-state index is 11.7. The number of aryl methyl sites for hydroxylation is 2. The Morgan fingerprint density at radius 3 is 2.56 bits per heavy atom. The van der Waals surface area contributed by atoms with E-state index in [4.69, 9.17) is 16.3 Å². The normalized spacial score (nSPS) is 14.3. The molecule has 1 aromatic rings. The van der Waals surface area contributed by atoms with E-state index in [0.29, 0.717) is 18.0 Å². The monoisotopic (exact) mass is 273 g/mol. The highest BCUT2D eigenvalue weighted by molar-refractivity contribution is 6.31. The Kier molecular flexibility index (Phi) is 4.76. The molecule has 0 aromatic carbocycles. The minimum atomic E-state index is -0.715. The van der Waals surface area contributed by atoms with E-state index in [9.17, 15) is 4.79 Å². The SMILES string of the molecule is CNC(C)(CCn1nc(C)c(Cl)c1C)C(=O)OC. The Hall–Kier alpha value is -1.07. The highest BCUT2D eigenvalue weighted by Crippen LogP contribution is 2.20. The highest BCUT2D eigenvalue weighted by Gasteiger charge is 2.32. The van der Waals surface area contributed by atoms with E-state index in [2.05, 4.69) is 10.4 Å². The number of aromatic nitrogens is 2. The first-order valence-electron chi connectivity index (χ1n) is 5.82. The van der Waals surface area contributed by atoms with Gasteiger partial charge in [0, 0.05) is 6.54 Å². The zero-order valence-corrected chi connectivity index (χ0v) is 12.3. The number of hydrogen-bond acceptors (Lipinski definition) is 4. The van der Waals surface area contributed by atoms with Gasteiger partial charge in [0.25, 0.3) is 0 Å². The van der Waals surface area contributed by atoms with Crippen molar-refractivity contribution in [2.75, 3.05) is 14.2 Å². The smallest absolute Gasteiger partial charge is 0.325 e. The third kappa shape index (κ3) is 2.84. The summed E-state index contributed by atoms with van der Waals surface area (Å²) in [4.78, 5) is 11.7. The average Bonchev–Trinajstić information content (AvgIpc) is 2.62. The summed E-state index contributed by atoms with van der Waals surface area (Å²) in [5.41, 5.74) is 1.00. The summed E-state index contributed by atoms with van der Waals surface area (Å²) >= 11 is 6.08. The molecular weight excluding hydrogens is 254 g/mol. The Morgan fingerprint density at radius 1 is 1.56 bits per heavy atom. The topological polar surface area (TPSA) is 56.2 Å². The van der Waals surface area contributed by atoms with Crippen LogP contribution in [0, 0.1) is 13.8 Å². The molecule has 6 heteroatoms. The lowest BCUT2D eigenvalue weighted by atomic mass is 9.98. The van der Waals surface area contributed by atoms with Crippen LogP contribution in [-0.2, 0) is 16.1 Å². The van der Waals surface area contributed by atoms with Gasteiger partial charge in [-0.3, -0.25) is 9.48 Å². The standard InChI is InChI=1S/C12H20ClN3O2/c1-8-10(13)9(2)16(15-8)7-6-12(3,14-4)11(17)18-5/h14H,6-7H2,1-5H3. The van der Waals surface area contributed by atoms with Gasteiger partial charge in [-0.1, -0.05) is 11.6 Å². The molecule has 1 aromatic heterocycles. The Labute approximate surface area is 112 Å². The van der Waals surface area contributed by atoms with Gasteiger partial charge in [0.05, 0.1) is 23.5 Å². The lowest BCUT2D eigenvalue weighted by Crippen LogP contribution is -2.49. The van der Waals surface area contributed by atoms with Crippen molar-refractivity contribution in [2.24, 2.45) is 0 Å². The summed E-state index contributed by atoms with van der Waals surface area (Å²) in [5, 5.41) is 8.01. The van der Waals surface area contributed by atoms with Crippen molar-refractivity contribution >= 4 is 17.6 Å². The van der Waals surface area contributed by atoms with E-state index in [-0.39, 0.29) is 5.97 Å². The number of carbonyl (C=O) groups is 1. The van der Waals surface area contributed by atoms with Crippen LogP contribution in [0.25, 0.3) is 0 Å². The first-order chi connectivity index (χ1) is 8.35. The van der Waals surface area contributed by atoms with Gasteiger partial charge in [-0.2, -0.15) is 5.10 Å². The van der Waals surface area contributed by atoms with Crippen LogP contribution in [0.2, 0.25) is 5.02 Å². The summed E-state index contributed by atoms with van der Waals surface area (Å²) < 4.78 is 6.61.